The van der Waals surface area contributed by atoms with Gasteiger partial charge in [-0.1, -0.05) is 23.9 Å². The van der Waals surface area contributed by atoms with Gasteiger partial charge >= 0.3 is 5.97 Å². The smallest absolute Gasteiger partial charge is 0.322 e. The van der Waals surface area contributed by atoms with Crippen LogP contribution >= 0.6 is 11.8 Å². The molecule has 6 heteroatoms. The summed E-state index contributed by atoms with van der Waals surface area (Å²) in [6.45, 7) is 0. The fraction of sp³-hybridized carbons (Fsp3) is 0.333. The highest BCUT2D eigenvalue weighted by molar-refractivity contribution is 7.99. The molecule has 2 aromatic rings. The number of hydrogen-bond acceptors (Lipinski definition) is 6. The quantitative estimate of drug-likeness (QED) is 0.657. The average molecular weight is 266 g/mol. The first-order valence-electron chi connectivity index (χ1n) is 5.52. The molecule has 1 aromatic heterocycles. The molecule has 18 heavy (non-hydrogen) atoms. The standard InChI is InChI=1S/C12H14N2O3S/c1-16-11(15)8(13)6-7-18-12-14-9-4-2-3-5-10(9)17-12/h2-5,8H,6-7,13H2,1H3. The number of carbonyl (C=O) groups excluding carboxylic acids is 1. The van der Waals surface area contributed by atoms with Gasteiger partial charge in [0.05, 0.1) is 7.11 Å². The molecule has 0 bridgehead atoms. The zero-order chi connectivity index (χ0) is 13.0. The number of nitrogens with two attached hydrogens (primary N) is 1. The minimum atomic E-state index is -0.591. The van der Waals surface area contributed by atoms with Gasteiger partial charge in [0.25, 0.3) is 5.22 Å². The van der Waals surface area contributed by atoms with Crippen molar-refractivity contribution in [2.45, 2.75) is 17.7 Å². The predicted molar refractivity (Wildman–Crippen MR) is 69.3 cm³/mol. The molecule has 0 radical (unpaired) electrons. The van der Waals surface area contributed by atoms with Crippen LogP contribution in [0.1, 0.15) is 6.42 Å². The Kier molecular flexibility index (Phi) is 4.22. The molecule has 1 aromatic carbocycles. The molecule has 0 saturated heterocycles. The lowest BCUT2D eigenvalue weighted by molar-refractivity contribution is -0.142. The van der Waals surface area contributed by atoms with E-state index >= 15 is 0 Å². The van der Waals surface area contributed by atoms with E-state index in [1.807, 2.05) is 24.3 Å². The summed E-state index contributed by atoms with van der Waals surface area (Å²) in [4.78, 5) is 15.4. The Morgan fingerprint density at radius 2 is 2.33 bits per heavy atom. The second-order valence-electron chi connectivity index (χ2n) is 3.71. The summed E-state index contributed by atoms with van der Waals surface area (Å²) in [5.74, 6) is 0.261. The number of hydrogen-bond donors (Lipinski definition) is 1. The third-order valence-electron chi connectivity index (χ3n) is 2.43. The molecule has 5 nitrogen and oxygen atoms in total. The van der Waals surface area contributed by atoms with Crippen molar-refractivity contribution in [1.29, 1.82) is 0 Å². The summed E-state index contributed by atoms with van der Waals surface area (Å²) < 4.78 is 10.1. The number of para-hydroxylation sites is 2. The normalized spacial score (nSPS) is 12.6. The molecular formula is C12H14N2O3S. The van der Waals surface area contributed by atoms with Gasteiger partial charge in [-0.05, 0) is 18.6 Å². The number of oxazole rings is 1. The molecule has 0 aliphatic rings. The van der Waals surface area contributed by atoms with Crippen LogP contribution in [-0.4, -0.2) is 29.9 Å². The van der Waals surface area contributed by atoms with Crippen molar-refractivity contribution in [3.8, 4) is 0 Å². The highest BCUT2D eigenvalue weighted by Gasteiger charge is 2.14. The molecule has 1 heterocycles. The summed E-state index contributed by atoms with van der Waals surface area (Å²) in [6.07, 6.45) is 0.524. The van der Waals surface area contributed by atoms with Crippen LogP contribution in [0.2, 0.25) is 0 Å². The number of aromatic nitrogens is 1. The van der Waals surface area contributed by atoms with Crippen LogP contribution in [0.15, 0.2) is 33.9 Å². The monoisotopic (exact) mass is 266 g/mol. The van der Waals surface area contributed by atoms with E-state index < -0.39 is 12.0 Å². The highest BCUT2D eigenvalue weighted by Crippen LogP contribution is 2.23. The molecule has 0 aliphatic heterocycles. The van der Waals surface area contributed by atoms with Crippen molar-refractivity contribution in [2.75, 3.05) is 12.9 Å². The van der Waals surface area contributed by atoms with Crippen LogP contribution in [0.3, 0.4) is 0 Å². The molecule has 0 saturated carbocycles. The molecular weight excluding hydrogens is 252 g/mol. The number of rotatable bonds is 5. The fourth-order valence-electron chi connectivity index (χ4n) is 1.46. The van der Waals surface area contributed by atoms with Gasteiger partial charge in [-0.15, -0.1) is 0 Å². The summed E-state index contributed by atoms with van der Waals surface area (Å²) >= 11 is 1.44. The fourth-order valence-corrected chi connectivity index (χ4v) is 2.31. The molecule has 0 aliphatic carbocycles. The topological polar surface area (TPSA) is 78.4 Å². The number of methoxy groups -OCH3 is 1. The summed E-state index contributed by atoms with van der Waals surface area (Å²) in [7, 11) is 1.33. The third-order valence-corrected chi connectivity index (χ3v) is 3.29. The Labute approximate surface area is 109 Å². The number of nitrogens with zero attached hydrogens (tertiary/aromatic N) is 1. The summed E-state index contributed by atoms with van der Waals surface area (Å²) in [6, 6.07) is 6.98. The lowest BCUT2D eigenvalue weighted by atomic mass is 10.2. The first kappa shape index (κ1) is 12.9. The zero-order valence-corrected chi connectivity index (χ0v) is 10.8. The van der Waals surface area contributed by atoms with Crippen LogP contribution in [0.25, 0.3) is 11.1 Å². The number of fused-ring (bicyclic) bond motifs is 1. The van der Waals surface area contributed by atoms with Crippen molar-refractivity contribution < 1.29 is 13.9 Å². The van der Waals surface area contributed by atoms with Crippen LogP contribution < -0.4 is 5.73 Å². The first-order valence-corrected chi connectivity index (χ1v) is 6.51. The van der Waals surface area contributed by atoms with Gasteiger partial charge in [0, 0.05) is 5.75 Å². The van der Waals surface area contributed by atoms with E-state index in [1.54, 1.807) is 0 Å². The van der Waals surface area contributed by atoms with Gasteiger partial charge in [0.1, 0.15) is 11.6 Å². The predicted octanol–water partition coefficient (Wildman–Crippen LogP) is 1.81. The number of carbonyl (C=O) groups is 1. The van der Waals surface area contributed by atoms with Gasteiger partial charge in [-0.25, -0.2) is 4.98 Å². The molecule has 0 fully saturated rings. The van der Waals surface area contributed by atoms with Crippen LogP contribution in [-0.2, 0) is 9.53 Å². The molecule has 96 valence electrons. The van der Waals surface area contributed by atoms with E-state index in [2.05, 4.69) is 9.72 Å². The van der Waals surface area contributed by atoms with Crippen molar-refractivity contribution in [3.63, 3.8) is 0 Å². The lowest BCUT2D eigenvalue weighted by Gasteiger charge is -2.06. The third kappa shape index (κ3) is 3.02. The molecule has 0 spiro atoms. The summed E-state index contributed by atoms with van der Waals surface area (Å²) in [5, 5.41) is 0.591. The van der Waals surface area contributed by atoms with Crippen molar-refractivity contribution in [3.05, 3.63) is 24.3 Å². The number of benzene rings is 1. The number of esters is 1. The SMILES string of the molecule is COC(=O)C(N)CCSc1nc2ccccc2o1. The number of thioether (sulfide) groups is 1. The average Bonchev–Trinajstić information content (AvgIpc) is 2.80. The van der Waals surface area contributed by atoms with Gasteiger partial charge < -0.3 is 14.9 Å². The Bertz CT molecular complexity index is 508. The summed E-state index contributed by atoms with van der Waals surface area (Å²) in [5.41, 5.74) is 7.22. The van der Waals surface area contributed by atoms with E-state index in [1.165, 1.54) is 18.9 Å². The highest BCUT2D eigenvalue weighted by atomic mass is 32.2. The zero-order valence-electron chi connectivity index (χ0n) is 9.96. The molecule has 2 N–H and O–H groups in total. The molecule has 1 atom stereocenters. The maximum absolute atomic E-state index is 11.1. The van der Waals surface area contributed by atoms with Gasteiger partial charge in [-0.2, -0.15) is 0 Å². The van der Waals surface area contributed by atoms with Crippen molar-refractivity contribution >= 4 is 28.8 Å². The van der Waals surface area contributed by atoms with Gasteiger partial charge in [-0.3, -0.25) is 4.79 Å². The van der Waals surface area contributed by atoms with Crippen LogP contribution in [0.4, 0.5) is 0 Å². The second-order valence-corrected chi connectivity index (χ2v) is 4.76. The minimum absolute atomic E-state index is 0.395. The van der Waals surface area contributed by atoms with E-state index in [0.29, 0.717) is 17.4 Å². The van der Waals surface area contributed by atoms with Gasteiger partial charge in [0.2, 0.25) is 0 Å². The maximum Gasteiger partial charge on any atom is 0.322 e. The second kappa shape index (κ2) is 5.88. The van der Waals surface area contributed by atoms with Gasteiger partial charge in [0.15, 0.2) is 5.58 Å². The number of ether oxygens (including phenoxy) is 1. The Morgan fingerprint density at radius 1 is 1.56 bits per heavy atom. The van der Waals surface area contributed by atoms with Crippen molar-refractivity contribution in [1.82, 2.24) is 4.98 Å². The van der Waals surface area contributed by atoms with E-state index in [0.717, 1.165) is 11.1 Å². The molecule has 1 unspecified atom stereocenters. The Balaban J connectivity index is 1.88. The molecule has 0 amide bonds. The first-order chi connectivity index (χ1) is 8.70. The van der Waals surface area contributed by atoms with E-state index in [4.69, 9.17) is 10.2 Å². The molecule has 2 rings (SSSR count). The minimum Gasteiger partial charge on any atom is -0.468 e. The largest absolute Gasteiger partial charge is 0.468 e. The maximum atomic E-state index is 11.1. The Morgan fingerprint density at radius 3 is 3.06 bits per heavy atom. The van der Waals surface area contributed by atoms with E-state index in [-0.39, 0.29) is 0 Å². The van der Waals surface area contributed by atoms with Crippen LogP contribution in [0, 0.1) is 0 Å². The van der Waals surface area contributed by atoms with Crippen LogP contribution in [0.5, 0.6) is 0 Å². The lowest BCUT2D eigenvalue weighted by Crippen LogP contribution is -2.31. The Hall–Kier alpha value is -1.53. The van der Waals surface area contributed by atoms with Crippen molar-refractivity contribution in [2.24, 2.45) is 5.73 Å². The van der Waals surface area contributed by atoms with E-state index in [9.17, 15) is 4.79 Å².